The minimum Gasteiger partial charge on any atom is -0.489 e. The van der Waals surface area contributed by atoms with Gasteiger partial charge in [-0.3, -0.25) is 4.99 Å². The predicted octanol–water partition coefficient (Wildman–Crippen LogP) is 3.50. The van der Waals surface area contributed by atoms with Crippen molar-refractivity contribution in [3.8, 4) is 5.75 Å². The maximum Gasteiger partial charge on any atom is 0.191 e. The summed E-state index contributed by atoms with van der Waals surface area (Å²) in [5.41, 5.74) is 2.25. The number of hydrogen-bond acceptors (Lipinski definition) is 3. The molecule has 1 saturated heterocycles. The molecular formula is C22H29N3O2. The highest BCUT2D eigenvalue weighted by Gasteiger charge is 2.29. The zero-order valence-corrected chi connectivity index (χ0v) is 16.2. The van der Waals surface area contributed by atoms with Crippen LogP contribution in [0.1, 0.15) is 30.9 Å². The molecule has 0 bridgehead atoms. The van der Waals surface area contributed by atoms with Gasteiger partial charge in [0.15, 0.2) is 5.96 Å². The summed E-state index contributed by atoms with van der Waals surface area (Å²) in [6.45, 7) is 5.04. The first-order valence-corrected chi connectivity index (χ1v) is 9.51. The summed E-state index contributed by atoms with van der Waals surface area (Å²) in [6, 6.07) is 18.3. The molecule has 1 aliphatic rings. The number of rotatable bonds is 7. The molecular weight excluding hydrogens is 338 g/mol. The highest BCUT2D eigenvalue weighted by atomic mass is 16.5. The van der Waals surface area contributed by atoms with Gasteiger partial charge in [-0.2, -0.15) is 0 Å². The summed E-state index contributed by atoms with van der Waals surface area (Å²) in [5, 5.41) is 6.71. The van der Waals surface area contributed by atoms with Crippen molar-refractivity contribution in [3.05, 3.63) is 65.7 Å². The molecule has 2 N–H and O–H groups in total. The molecule has 0 saturated carbocycles. The monoisotopic (exact) mass is 367 g/mol. The van der Waals surface area contributed by atoms with E-state index >= 15 is 0 Å². The van der Waals surface area contributed by atoms with E-state index in [-0.39, 0.29) is 5.60 Å². The Hall–Kier alpha value is -2.53. The molecule has 2 aromatic carbocycles. The lowest BCUT2D eigenvalue weighted by molar-refractivity contribution is 0.0243. The Kier molecular flexibility index (Phi) is 6.71. The minimum absolute atomic E-state index is 0.0879. The van der Waals surface area contributed by atoms with Gasteiger partial charge in [-0.05, 0) is 43.0 Å². The van der Waals surface area contributed by atoms with Crippen molar-refractivity contribution in [1.29, 1.82) is 0 Å². The van der Waals surface area contributed by atoms with E-state index in [0.717, 1.165) is 43.3 Å². The van der Waals surface area contributed by atoms with Crippen molar-refractivity contribution in [2.45, 2.75) is 38.5 Å². The molecule has 1 atom stereocenters. The molecule has 1 fully saturated rings. The van der Waals surface area contributed by atoms with Crippen LogP contribution in [0.25, 0.3) is 0 Å². The van der Waals surface area contributed by atoms with Crippen molar-refractivity contribution in [2.24, 2.45) is 4.99 Å². The second kappa shape index (κ2) is 9.42. The molecule has 0 spiro atoms. The third-order valence-electron chi connectivity index (χ3n) is 4.79. The lowest BCUT2D eigenvalue weighted by atomic mass is 10.0. The molecule has 2 aromatic rings. The molecule has 3 rings (SSSR count). The predicted molar refractivity (Wildman–Crippen MR) is 109 cm³/mol. The van der Waals surface area contributed by atoms with Crippen LogP contribution in [0.15, 0.2) is 59.6 Å². The first kappa shape index (κ1) is 19.2. The van der Waals surface area contributed by atoms with Crippen LogP contribution < -0.4 is 15.4 Å². The van der Waals surface area contributed by atoms with Crippen LogP contribution in [0.2, 0.25) is 0 Å². The number of nitrogens with one attached hydrogen (secondary N) is 2. The molecule has 0 aliphatic carbocycles. The van der Waals surface area contributed by atoms with Gasteiger partial charge in [-0.25, -0.2) is 0 Å². The Bertz CT molecular complexity index is 723. The highest BCUT2D eigenvalue weighted by molar-refractivity contribution is 5.79. The van der Waals surface area contributed by atoms with Crippen LogP contribution >= 0.6 is 0 Å². The molecule has 5 nitrogen and oxygen atoms in total. The van der Waals surface area contributed by atoms with Crippen LogP contribution in [-0.4, -0.2) is 31.8 Å². The molecule has 0 amide bonds. The van der Waals surface area contributed by atoms with Gasteiger partial charge in [0.2, 0.25) is 0 Å². The SMILES string of the molecule is CN=C(NCc1ccc(OCc2ccccc2)cc1)NCC1(C)CCCO1. The average Bonchev–Trinajstić information content (AvgIpc) is 3.15. The largest absolute Gasteiger partial charge is 0.489 e. The zero-order chi connectivity index (χ0) is 19.0. The summed E-state index contributed by atoms with van der Waals surface area (Å²) >= 11 is 0. The molecule has 1 aliphatic heterocycles. The second-order valence-corrected chi connectivity index (χ2v) is 7.10. The van der Waals surface area contributed by atoms with Crippen LogP contribution in [-0.2, 0) is 17.9 Å². The Balaban J connectivity index is 1.43. The van der Waals surface area contributed by atoms with E-state index in [0.29, 0.717) is 13.2 Å². The molecule has 27 heavy (non-hydrogen) atoms. The third-order valence-corrected chi connectivity index (χ3v) is 4.79. The van der Waals surface area contributed by atoms with E-state index in [4.69, 9.17) is 9.47 Å². The van der Waals surface area contributed by atoms with Gasteiger partial charge >= 0.3 is 0 Å². The van der Waals surface area contributed by atoms with Gasteiger partial charge in [0.25, 0.3) is 0 Å². The van der Waals surface area contributed by atoms with Gasteiger partial charge in [-0.15, -0.1) is 0 Å². The van der Waals surface area contributed by atoms with Gasteiger partial charge in [0.1, 0.15) is 12.4 Å². The number of guanidine groups is 1. The maximum absolute atomic E-state index is 5.83. The second-order valence-electron chi connectivity index (χ2n) is 7.10. The minimum atomic E-state index is -0.0879. The maximum atomic E-state index is 5.83. The molecule has 1 heterocycles. The van der Waals surface area contributed by atoms with Crippen molar-refractivity contribution in [1.82, 2.24) is 10.6 Å². The summed E-state index contributed by atoms with van der Waals surface area (Å²) in [5.74, 6) is 1.66. The molecule has 1 unspecified atom stereocenters. The van der Waals surface area contributed by atoms with Crippen LogP contribution in [0.4, 0.5) is 0 Å². The Morgan fingerprint density at radius 2 is 1.85 bits per heavy atom. The van der Waals surface area contributed by atoms with Crippen LogP contribution in [0, 0.1) is 0 Å². The summed E-state index contributed by atoms with van der Waals surface area (Å²) in [4.78, 5) is 4.29. The van der Waals surface area contributed by atoms with Crippen molar-refractivity contribution < 1.29 is 9.47 Å². The van der Waals surface area contributed by atoms with Crippen LogP contribution in [0.3, 0.4) is 0 Å². The number of aliphatic imine (C=N–C) groups is 1. The zero-order valence-electron chi connectivity index (χ0n) is 16.2. The number of nitrogens with zero attached hydrogens (tertiary/aromatic N) is 1. The summed E-state index contributed by atoms with van der Waals surface area (Å²) < 4.78 is 11.6. The normalized spacial score (nSPS) is 19.7. The lowest BCUT2D eigenvalue weighted by Gasteiger charge is -2.24. The molecule has 5 heteroatoms. The van der Waals surface area contributed by atoms with Crippen molar-refractivity contribution in [3.63, 3.8) is 0 Å². The Labute approximate surface area is 161 Å². The Morgan fingerprint density at radius 3 is 2.52 bits per heavy atom. The fraction of sp³-hybridized carbons (Fsp3) is 0.409. The van der Waals surface area contributed by atoms with Gasteiger partial charge in [-0.1, -0.05) is 42.5 Å². The third kappa shape index (κ3) is 6.00. The van der Waals surface area contributed by atoms with Gasteiger partial charge < -0.3 is 20.1 Å². The fourth-order valence-corrected chi connectivity index (χ4v) is 3.10. The number of ether oxygens (including phenoxy) is 2. The average molecular weight is 367 g/mol. The fourth-order valence-electron chi connectivity index (χ4n) is 3.10. The first-order chi connectivity index (χ1) is 13.2. The highest BCUT2D eigenvalue weighted by Crippen LogP contribution is 2.23. The van der Waals surface area contributed by atoms with E-state index in [1.54, 1.807) is 7.05 Å². The summed E-state index contributed by atoms with van der Waals surface area (Å²) in [7, 11) is 1.79. The van der Waals surface area contributed by atoms with E-state index in [1.807, 2.05) is 30.3 Å². The van der Waals surface area contributed by atoms with Crippen molar-refractivity contribution in [2.75, 3.05) is 20.2 Å². The molecule has 0 radical (unpaired) electrons. The van der Waals surface area contributed by atoms with E-state index < -0.39 is 0 Å². The van der Waals surface area contributed by atoms with Crippen molar-refractivity contribution >= 4 is 5.96 Å². The smallest absolute Gasteiger partial charge is 0.191 e. The van der Waals surface area contributed by atoms with E-state index in [9.17, 15) is 0 Å². The van der Waals surface area contributed by atoms with E-state index in [2.05, 4.69) is 46.8 Å². The molecule has 144 valence electrons. The topological polar surface area (TPSA) is 54.9 Å². The quantitative estimate of drug-likeness (QED) is 0.581. The Morgan fingerprint density at radius 1 is 1.07 bits per heavy atom. The summed E-state index contributed by atoms with van der Waals surface area (Å²) in [6.07, 6.45) is 2.21. The number of benzene rings is 2. The number of hydrogen-bond donors (Lipinski definition) is 2. The van der Waals surface area contributed by atoms with E-state index in [1.165, 1.54) is 5.56 Å². The first-order valence-electron chi connectivity index (χ1n) is 9.51. The standard InChI is InChI=1S/C22H29N3O2/c1-22(13-6-14-27-22)17-25-21(23-2)24-15-18-9-11-20(12-10-18)26-16-19-7-4-3-5-8-19/h3-5,7-12H,6,13-17H2,1-2H3,(H2,23,24,25). The lowest BCUT2D eigenvalue weighted by Crippen LogP contribution is -2.45. The molecule has 0 aromatic heterocycles. The van der Waals surface area contributed by atoms with Gasteiger partial charge in [0, 0.05) is 26.7 Å². The van der Waals surface area contributed by atoms with Gasteiger partial charge in [0.05, 0.1) is 5.60 Å². The van der Waals surface area contributed by atoms with Crippen LogP contribution in [0.5, 0.6) is 5.75 Å².